The van der Waals surface area contributed by atoms with E-state index in [2.05, 4.69) is 10.3 Å². The Kier molecular flexibility index (Phi) is 5.56. The lowest BCUT2D eigenvalue weighted by atomic mass is 10.2. The minimum atomic E-state index is -0.140. The van der Waals surface area contributed by atoms with Crippen LogP contribution in [0.3, 0.4) is 0 Å². The van der Waals surface area contributed by atoms with Crippen molar-refractivity contribution >= 4 is 23.8 Å². The first-order valence-electron chi connectivity index (χ1n) is 5.37. The van der Waals surface area contributed by atoms with E-state index in [1.54, 1.807) is 12.1 Å². The number of rotatable bonds is 3. The number of aliphatic imine (C=N–C) groups is 1. The summed E-state index contributed by atoms with van der Waals surface area (Å²) in [6.07, 6.45) is 1.93. The van der Waals surface area contributed by atoms with Crippen LogP contribution in [-0.2, 0) is 0 Å². The topological polar surface area (TPSA) is 44.7 Å². The van der Waals surface area contributed by atoms with Gasteiger partial charge in [0.1, 0.15) is 0 Å². The van der Waals surface area contributed by atoms with Crippen molar-refractivity contribution in [1.82, 2.24) is 9.62 Å². The first-order valence-corrected chi connectivity index (χ1v) is 6.56. The van der Waals surface area contributed by atoms with Crippen LogP contribution in [0.25, 0.3) is 0 Å². The molecule has 0 fully saturated rings. The number of nitrogens with zero attached hydrogens (tertiary/aromatic N) is 2. The summed E-state index contributed by atoms with van der Waals surface area (Å²) in [5, 5.41) is 2.80. The van der Waals surface area contributed by atoms with Crippen molar-refractivity contribution in [3.05, 3.63) is 35.9 Å². The minimum Gasteiger partial charge on any atom is -0.292 e. The maximum Gasteiger partial charge on any atom is 0.257 e. The zero-order chi connectivity index (χ0) is 12.7. The zero-order valence-corrected chi connectivity index (χ0v) is 11.1. The monoisotopic (exact) mass is 251 g/mol. The van der Waals surface area contributed by atoms with E-state index in [1.807, 2.05) is 42.7 Å². The molecular weight excluding hydrogens is 234 g/mol. The van der Waals surface area contributed by atoms with Gasteiger partial charge in [0.2, 0.25) is 5.96 Å². The van der Waals surface area contributed by atoms with Gasteiger partial charge >= 0.3 is 0 Å². The third-order valence-corrected chi connectivity index (χ3v) is 2.86. The van der Waals surface area contributed by atoms with Crippen LogP contribution in [0.4, 0.5) is 0 Å². The van der Waals surface area contributed by atoms with Crippen molar-refractivity contribution < 1.29 is 4.79 Å². The fourth-order valence-electron chi connectivity index (χ4n) is 1.22. The molecule has 5 heteroatoms. The Bertz CT molecular complexity index is 392. The van der Waals surface area contributed by atoms with Gasteiger partial charge in [-0.1, -0.05) is 30.1 Å². The molecule has 0 saturated carbocycles. The van der Waals surface area contributed by atoms with E-state index in [4.69, 9.17) is 0 Å². The molecule has 0 radical (unpaired) electrons. The highest BCUT2D eigenvalue weighted by molar-refractivity contribution is 7.96. The van der Waals surface area contributed by atoms with E-state index >= 15 is 0 Å². The summed E-state index contributed by atoms with van der Waals surface area (Å²) in [5.74, 6) is 0.438. The fraction of sp³-hybridized carbons (Fsp3) is 0.333. The van der Waals surface area contributed by atoms with Gasteiger partial charge in [-0.3, -0.25) is 19.4 Å². The minimum absolute atomic E-state index is 0.140. The third-order valence-electron chi connectivity index (χ3n) is 2.14. The van der Waals surface area contributed by atoms with Gasteiger partial charge in [0.15, 0.2) is 0 Å². The van der Waals surface area contributed by atoms with Crippen molar-refractivity contribution in [3.8, 4) is 0 Å². The van der Waals surface area contributed by atoms with Crippen LogP contribution >= 0.6 is 11.9 Å². The van der Waals surface area contributed by atoms with Crippen molar-refractivity contribution in [2.45, 2.75) is 6.92 Å². The number of hydrogen-bond donors (Lipinski definition) is 1. The van der Waals surface area contributed by atoms with Crippen LogP contribution in [-0.4, -0.2) is 36.0 Å². The molecule has 0 heterocycles. The number of carbonyl (C=O) groups excluding carboxylic acids is 1. The van der Waals surface area contributed by atoms with Crippen molar-refractivity contribution in [2.75, 3.05) is 19.8 Å². The molecule has 0 aliphatic carbocycles. The maximum atomic E-state index is 11.9. The van der Waals surface area contributed by atoms with Crippen molar-refractivity contribution in [3.63, 3.8) is 0 Å². The van der Waals surface area contributed by atoms with Gasteiger partial charge in [0, 0.05) is 25.4 Å². The first-order chi connectivity index (χ1) is 8.19. The van der Waals surface area contributed by atoms with Crippen LogP contribution in [0.15, 0.2) is 35.3 Å². The molecule has 0 atom stereocenters. The second-order valence-electron chi connectivity index (χ2n) is 3.30. The summed E-state index contributed by atoms with van der Waals surface area (Å²) in [5.41, 5.74) is 0.630. The number of carbonyl (C=O) groups is 1. The van der Waals surface area contributed by atoms with Gasteiger partial charge in [0.25, 0.3) is 5.91 Å². The van der Waals surface area contributed by atoms with E-state index in [0.717, 1.165) is 0 Å². The number of guanidine groups is 1. The SMILES string of the molecule is CC/N=C(/NC(=O)c1ccccc1)N(C)SC. The van der Waals surface area contributed by atoms with Gasteiger partial charge in [-0.15, -0.1) is 0 Å². The van der Waals surface area contributed by atoms with Crippen LogP contribution < -0.4 is 5.32 Å². The summed E-state index contributed by atoms with van der Waals surface area (Å²) in [6, 6.07) is 9.11. The van der Waals surface area contributed by atoms with E-state index < -0.39 is 0 Å². The van der Waals surface area contributed by atoms with Gasteiger partial charge in [-0.05, 0) is 19.1 Å². The second kappa shape index (κ2) is 6.96. The Morgan fingerprint density at radius 2 is 2.06 bits per heavy atom. The van der Waals surface area contributed by atoms with Crippen LogP contribution in [0.5, 0.6) is 0 Å². The predicted molar refractivity (Wildman–Crippen MR) is 73.2 cm³/mol. The predicted octanol–water partition coefficient (Wildman–Crippen LogP) is 2.00. The molecule has 0 bridgehead atoms. The average molecular weight is 251 g/mol. The van der Waals surface area contributed by atoms with Crippen LogP contribution in [0.2, 0.25) is 0 Å². The standard InChI is InChI=1S/C12H17N3OS/c1-4-13-12(15(2)17-3)14-11(16)10-8-6-5-7-9-10/h5-9H,4H2,1-3H3,(H,13,14,16). The Morgan fingerprint density at radius 3 is 2.59 bits per heavy atom. The van der Waals surface area contributed by atoms with Gasteiger partial charge in [-0.25, -0.2) is 0 Å². The Balaban J connectivity index is 2.75. The molecule has 4 nitrogen and oxygen atoms in total. The van der Waals surface area contributed by atoms with E-state index in [0.29, 0.717) is 18.1 Å². The smallest absolute Gasteiger partial charge is 0.257 e. The zero-order valence-electron chi connectivity index (χ0n) is 10.3. The molecule has 0 aliphatic rings. The number of hydrogen-bond acceptors (Lipinski definition) is 3. The third kappa shape index (κ3) is 4.11. The average Bonchev–Trinajstić information content (AvgIpc) is 2.38. The summed E-state index contributed by atoms with van der Waals surface area (Å²) in [4.78, 5) is 16.2. The van der Waals surface area contributed by atoms with E-state index in [-0.39, 0.29) is 5.91 Å². The molecule has 1 rings (SSSR count). The molecule has 0 spiro atoms. The van der Waals surface area contributed by atoms with Crippen LogP contribution in [0, 0.1) is 0 Å². The Morgan fingerprint density at radius 1 is 1.41 bits per heavy atom. The quantitative estimate of drug-likeness (QED) is 0.508. The molecule has 1 N–H and O–H groups in total. The lowest BCUT2D eigenvalue weighted by Gasteiger charge is -2.18. The molecule has 1 amide bonds. The highest BCUT2D eigenvalue weighted by Crippen LogP contribution is 2.03. The number of benzene rings is 1. The molecular formula is C12H17N3OS. The summed E-state index contributed by atoms with van der Waals surface area (Å²) in [7, 11) is 1.87. The maximum absolute atomic E-state index is 11.9. The highest BCUT2D eigenvalue weighted by atomic mass is 32.2. The molecule has 0 unspecified atom stereocenters. The molecule has 1 aromatic carbocycles. The van der Waals surface area contributed by atoms with Crippen LogP contribution in [0.1, 0.15) is 17.3 Å². The summed E-state index contributed by atoms with van der Waals surface area (Å²) >= 11 is 1.50. The van der Waals surface area contributed by atoms with Gasteiger partial charge in [0.05, 0.1) is 0 Å². The second-order valence-corrected chi connectivity index (χ2v) is 4.21. The molecule has 0 aromatic heterocycles. The normalized spacial score (nSPS) is 11.1. The van der Waals surface area contributed by atoms with Crippen molar-refractivity contribution in [1.29, 1.82) is 0 Å². The van der Waals surface area contributed by atoms with Gasteiger partial charge < -0.3 is 0 Å². The Hall–Kier alpha value is -1.49. The molecule has 1 aromatic rings. The largest absolute Gasteiger partial charge is 0.292 e. The number of amides is 1. The summed E-state index contributed by atoms with van der Waals surface area (Å²) < 4.78 is 1.82. The summed E-state index contributed by atoms with van der Waals surface area (Å²) in [6.45, 7) is 2.57. The highest BCUT2D eigenvalue weighted by Gasteiger charge is 2.11. The van der Waals surface area contributed by atoms with Gasteiger partial charge in [-0.2, -0.15) is 0 Å². The fourth-order valence-corrected chi connectivity index (χ4v) is 1.49. The van der Waals surface area contributed by atoms with Crippen molar-refractivity contribution in [2.24, 2.45) is 4.99 Å². The lowest BCUT2D eigenvalue weighted by molar-refractivity contribution is 0.0974. The first kappa shape index (κ1) is 13.6. The molecule has 92 valence electrons. The Labute approximate surface area is 106 Å². The molecule has 0 aliphatic heterocycles. The molecule has 0 saturated heterocycles. The lowest BCUT2D eigenvalue weighted by Crippen LogP contribution is -2.39. The molecule has 17 heavy (non-hydrogen) atoms. The number of nitrogens with one attached hydrogen (secondary N) is 1. The van der Waals surface area contributed by atoms with E-state index in [1.165, 1.54) is 11.9 Å². The van der Waals surface area contributed by atoms with E-state index in [9.17, 15) is 4.79 Å².